The average molecular weight is 230 g/mol. The van der Waals surface area contributed by atoms with Crippen LogP contribution in [-0.4, -0.2) is 72.5 Å². The third kappa shape index (κ3) is 4.78. The largest absolute Gasteiger partial charge is 0.396 e. The molecule has 96 valence electrons. The summed E-state index contributed by atoms with van der Waals surface area (Å²) in [7, 11) is 0. The summed E-state index contributed by atoms with van der Waals surface area (Å²) in [4.78, 5) is 4.74. The van der Waals surface area contributed by atoms with Crippen molar-refractivity contribution in [3.8, 4) is 0 Å². The summed E-state index contributed by atoms with van der Waals surface area (Å²) in [5.41, 5.74) is -0.00779. The molecule has 0 aromatic rings. The molecule has 0 bridgehead atoms. The summed E-state index contributed by atoms with van der Waals surface area (Å²) >= 11 is 0. The molecule has 1 fully saturated rings. The van der Waals surface area contributed by atoms with Crippen LogP contribution >= 0.6 is 0 Å². The smallest absolute Gasteiger partial charge is 0.0558 e. The SMILES string of the molecule is CC(C)(CO)CN1CCCN(CCO)CC1. The van der Waals surface area contributed by atoms with Crippen molar-refractivity contribution in [1.29, 1.82) is 0 Å². The first-order valence-corrected chi connectivity index (χ1v) is 6.24. The number of hydrogen-bond acceptors (Lipinski definition) is 4. The Kier molecular flexibility index (Phi) is 5.69. The third-order valence-corrected chi connectivity index (χ3v) is 3.18. The van der Waals surface area contributed by atoms with Crippen molar-refractivity contribution in [3.63, 3.8) is 0 Å². The molecule has 0 amide bonds. The summed E-state index contributed by atoms with van der Waals surface area (Å²) in [5.74, 6) is 0. The minimum Gasteiger partial charge on any atom is -0.396 e. The summed E-state index contributed by atoms with van der Waals surface area (Å²) in [6, 6.07) is 0. The van der Waals surface area contributed by atoms with E-state index >= 15 is 0 Å². The molecular weight excluding hydrogens is 204 g/mol. The Morgan fingerprint density at radius 2 is 1.62 bits per heavy atom. The van der Waals surface area contributed by atoms with Gasteiger partial charge in [-0.1, -0.05) is 13.8 Å². The van der Waals surface area contributed by atoms with E-state index in [2.05, 4.69) is 23.6 Å². The van der Waals surface area contributed by atoms with Crippen LogP contribution in [0, 0.1) is 5.41 Å². The number of rotatable bonds is 5. The molecule has 0 radical (unpaired) electrons. The number of β-amino-alcohol motifs (C(OH)–C–C–N with tert-alkyl or cyclic N) is 1. The van der Waals surface area contributed by atoms with E-state index < -0.39 is 0 Å². The van der Waals surface area contributed by atoms with Crippen LogP contribution in [0.5, 0.6) is 0 Å². The Labute approximate surface area is 98.9 Å². The quantitative estimate of drug-likeness (QED) is 0.698. The van der Waals surface area contributed by atoms with Crippen LogP contribution in [-0.2, 0) is 0 Å². The molecule has 1 aliphatic rings. The molecule has 0 aliphatic carbocycles. The van der Waals surface area contributed by atoms with Gasteiger partial charge in [-0.3, -0.25) is 4.90 Å². The zero-order valence-electron chi connectivity index (χ0n) is 10.7. The van der Waals surface area contributed by atoms with Gasteiger partial charge in [-0.25, -0.2) is 0 Å². The fraction of sp³-hybridized carbons (Fsp3) is 1.00. The van der Waals surface area contributed by atoms with Gasteiger partial charge in [-0.15, -0.1) is 0 Å². The molecule has 0 aromatic carbocycles. The molecular formula is C12H26N2O2. The molecule has 0 unspecified atom stereocenters. The Hall–Kier alpha value is -0.160. The highest BCUT2D eigenvalue weighted by molar-refractivity contribution is 4.76. The van der Waals surface area contributed by atoms with Crippen LogP contribution in [0.2, 0.25) is 0 Å². The maximum Gasteiger partial charge on any atom is 0.0558 e. The number of aliphatic hydroxyl groups excluding tert-OH is 2. The van der Waals surface area contributed by atoms with Gasteiger partial charge in [-0.2, -0.15) is 0 Å². The molecule has 1 rings (SSSR count). The second-order valence-electron chi connectivity index (χ2n) is 5.52. The van der Waals surface area contributed by atoms with E-state index in [9.17, 15) is 5.11 Å². The lowest BCUT2D eigenvalue weighted by Gasteiger charge is -2.30. The standard InChI is InChI=1S/C12H26N2O2/c1-12(2,11-16)10-14-5-3-4-13(6-7-14)8-9-15/h15-16H,3-11H2,1-2H3. The fourth-order valence-corrected chi connectivity index (χ4v) is 2.20. The summed E-state index contributed by atoms with van der Waals surface area (Å²) in [5, 5.41) is 18.2. The molecule has 0 saturated carbocycles. The second kappa shape index (κ2) is 6.55. The first kappa shape index (κ1) is 13.9. The monoisotopic (exact) mass is 230 g/mol. The van der Waals surface area contributed by atoms with Gasteiger partial charge < -0.3 is 15.1 Å². The van der Waals surface area contributed by atoms with E-state index in [1.54, 1.807) is 0 Å². The number of aliphatic hydroxyl groups is 2. The first-order valence-electron chi connectivity index (χ1n) is 6.24. The predicted molar refractivity (Wildman–Crippen MR) is 65.4 cm³/mol. The summed E-state index contributed by atoms with van der Waals surface area (Å²) in [6.07, 6.45) is 1.15. The molecule has 4 heteroatoms. The van der Waals surface area contributed by atoms with Crippen molar-refractivity contribution in [1.82, 2.24) is 9.80 Å². The molecule has 4 nitrogen and oxygen atoms in total. The van der Waals surface area contributed by atoms with Crippen molar-refractivity contribution >= 4 is 0 Å². The van der Waals surface area contributed by atoms with Crippen molar-refractivity contribution in [2.24, 2.45) is 5.41 Å². The zero-order chi connectivity index (χ0) is 12.0. The zero-order valence-corrected chi connectivity index (χ0v) is 10.7. The summed E-state index contributed by atoms with van der Waals surface area (Å²) in [6.45, 7) is 10.7. The maximum absolute atomic E-state index is 9.26. The van der Waals surface area contributed by atoms with Crippen LogP contribution in [0.3, 0.4) is 0 Å². The molecule has 16 heavy (non-hydrogen) atoms. The predicted octanol–water partition coefficient (Wildman–Crippen LogP) is 0.00490. The fourth-order valence-electron chi connectivity index (χ4n) is 2.20. The molecule has 1 saturated heterocycles. The van der Waals surface area contributed by atoms with E-state index in [1.807, 2.05) is 0 Å². The third-order valence-electron chi connectivity index (χ3n) is 3.18. The summed E-state index contributed by atoms with van der Waals surface area (Å²) < 4.78 is 0. The van der Waals surface area contributed by atoms with E-state index in [4.69, 9.17) is 5.11 Å². The van der Waals surface area contributed by atoms with Gasteiger partial charge in [0.1, 0.15) is 0 Å². The highest BCUT2D eigenvalue weighted by Crippen LogP contribution is 2.16. The van der Waals surface area contributed by atoms with Crippen LogP contribution in [0.1, 0.15) is 20.3 Å². The van der Waals surface area contributed by atoms with Crippen molar-refractivity contribution in [3.05, 3.63) is 0 Å². The lowest BCUT2D eigenvalue weighted by atomic mass is 9.94. The highest BCUT2D eigenvalue weighted by atomic mass is 16.3. The maximum atomic E-state index is 9.26. The molecule has 1 aliphatic heterocycles. The molecule has 0 spiro atoms. The Morgan fingerprint density at radius 1 is 1.00 bits per heavy atom. The van der Waals surface area contributed by atoms with Crippen LogP contribution in [0.25, 0.3) is 0 Å². The number of nitrogens with zero attached hydrogens (tertiary/aromatic N) is 2. The number of hydrogen-bond donors (Lipinski definition) is 2. The van der Waals surface area contributed by atoms with Gasteiger partial charge in [0.2, 0.25) is 0 Å². The van der Waals surface area contributed by atoms with Crippen molar-refractivity contribution in [2.45, 2.75) is 20.3 Å². The molecule has 0 atom stereocenters. The second-order valence-corrected chi connectivity index (χ2v) is 5.52. The van der Waals surface area contributed by atoms with Gasteiger partial charge in [0.15, 0.2) is 0 Å². The Bertz CT molecular complexity index is 197. The Balaban J connectivity index is 2.35. The van der Waals surface area contributed by atoms with Gasteiger partial charge in [0.25, 0.3) is 0 Å². The van der Waals surface area contributed by atoms with Gasteiger partial charge in [0.05, 0.1) is 6.61 Å². The van der Waals surface area contributed by atoms with Crippen LogP contribution < -0.4 is 0 Å². The minimum atomic E-state index is -0.00779. The van der Waals surface area contributed by atoms with Crippen LogP contribution in [0.15, 0.2) is 0 Å². The lowest BCUT2D eigenvalue weighted by Crippen LogP contribution is -2.39. The van der Waals surface area contributed by atoms with Crippen molar-refractivity contribution in [2.75, 3.05) is 52.5 Å². The van der Waals surface area contributed by atoms with Gasteiger partial charge in [-0.05, 0) is 19.5 Å². The normalized spacial score (nSPS) is 21.0. The first-order chi connectivity index (χ1) is 7.57. The average Bonchev–Trinajstić information content (AvgIpc) is 2.44. The van der Waals surface area contributed by atoms with Gasteiger partial charge >= 0.3 is 0 Å². The van der Waals surface area contributed by atoms with E-state index in [0.29, 0.717) is 0 Å². The minimum absolute atomic E-state index is 0.00779. The molecule has 0 aromatic heterocycles. The highest BCUT2D eigenvalue weighted by Gasteiger charge is 2.22. The Morgan fingerprint density at radius 3 is 2.25 bits per heavy atom. The van der Waals surface area contributed by atoms with Gasteiger partial charge in [0, 0.05) is 38.2 Å². The van der Waals surface area contributed by atoms with E-state index in [0.717, 1.165) is 45.7 Å². The van der Waals surface area contributed by atoms with Crippen molar-refractivity contribution < 1.29 is 10.2 Å². The topological polar surface area (TPSA) is 46.9 Å². The van der Waals surface area contributed by atoms with Crippen LogP contribution in [0.4, 0.5) is 0 Å². The lowest BCUT2D eigenvalue weighted by molar-refractivity contribution is 0.104. The van der Waals surface area contributed by atoms with E-state index in [-0.39, 0.29) is 18.6 Å². The van der Waals surface area contributed by atoms with E-state index in [1.165, 1.54) is 0 Å². The molecule has 2 N–H and O–H groups in total. The molecule has 1 heterocycles.